The van der Waals surface area contributed by atoms with E-state index < -0.39 is 0 Å². The Labute approximate surface area is 293 Å². The average molecular weight is 709 g/mol. The molecule has 0 unspecified atom stereocenters. The minimum Gasteiger partial charge on any atom is -0.386 e. The minimum atomic E-state index is 0.956. The normalized spacial score (nSPS) is 11.6. The number of aromatic nitrogens is 2. The molecule has 0 amide bonds. The molecule has 0 spiro atoms. The van der Waals surface area contributed by atoms with E-state index >= 15 is 0 Å². The highest BCUT2D eigenvalue weighted by Gasteiger charge is 2.24. The lowest BCUT2D eigenvalue weighted by Crippen LogP contribution is -2.07. The van der Waals surface area contributed by atoms with Crippen LogP contribution in [0.5, 0.6) is 0 Å². The summed E-state index contributed by atoms with van der Waals surface area (Å²) in [6, 6.07) is 26.7. The molecule has 0 fully saturated rings. The van der Waals surface area contributed by atoms with Gasteiger partial charge in [0.2, 0.25) is 0 Å². The first-order valence-electron chi connectivity index (χ1n) is 15.1. The van der Waals surface area contributed by atoms with Gasteiger partial charge >= 0.3 is 0 Å². The maximum absolute atomic E-state index is 4.86. The van der Waals surface area contributed by atoms with Gasteiger partial charge in [0.25, 0.3) is 0 Å². The second kappa shape index (κ2) is 11.9. The molecule has 6 nitrogen and oxygen atoms in total. The topological polar surface area (TPSA) is 56.3 Å². The van der Waals surface area contributed by atoms with Crippen LogP contribution >= 0.6 is 57.1 Å². The van der Waals surface area contributed by atoms with Gasteiger partial charge < -0.3 is 20.4 Å². The van der Waals surface area contributed by atoms with Gasteiger partial charge in [-0.1, -0.05) is 36.4 Å². The van der Waals surface area contributed by atoms with Crippen LogP contribution in [-0.4, -0.2) is 51.0 Å². The Kier molecular flexibility index (Phi) is 7.69. The Morgan fingerprint density at radius 3 is 1.30 bits per heavy atom. The summed E-state index contributed by atoms with van der Waals surface area (Å²) >= 11 is 8.62. The Bertz CT molecular complexity index is 2220. The first-order valence-corrected chi connectivity index (χ1v) is 19.1. The lowest BCUT2D eigenvalue weighted by Gasteiger charge is -2.12. The molecule has 8 aromatic rings. The molecule has 0 radical (unpaired) electrons. The van der Waals surface area contributed by atoms with E-state index in [-0.39, 0.29) is 0 Å². The molecule has 2 N–H and O–H groups in total. The highest BCUT2D eigenvalue weighted by Crippen LogP contribution is 2.53. The van der Waals surface area contributed by atoms with Gasteiger partial charge in [-0.05, 0) is 47.5 Å². The van der Waals surface area contributed by atoms with E-state index in [1.54, 1.807) is 0 Å². The van der Waals surface area contributed by atoms with E-state index in [1.807, 2.05) is 59.4 Å². The molecule has 5 aromatic heterocycles. The van der Waals surface area contributed by atoms with E-state index in [0.29, 0.717) is 0 Å². The van der Waals surface area contributed by atoms with Gasteiger partial charge in [0.15, 0.2) is 0 Å². The van der Waals surface area contributed by atoms with Gasteiger partial charge in [-0.2, -0.15) is 8.75 Å². The highest BCUT2D eigenvalue weighted by atomic mass is 32.1. The number of nitrogens with zero attached hydrogens (tertiary/aromatic N) is 4. The maximum atomic E-state index is 4.86. The van der Waals surface area contributed by atoms with E-state index in [4.69, 9.17) is 8.75 Å². The first kappa shape index (κ1) is 30.3. The van der Waals surface area contributed by atoms with Crippen LogP contribution in [0.15, 0.2) is 72.8 Å². The highest BCUT2D eigenvalue weighted by molar-refractivity contribution is 7.33. The summed E-state index contributed by atoms with van der Waals surface area (Å²) in [5.41, 5.74) is 11.4. The predicted molar refractivity (Wildman–Crippen MR) is 213 cm³/mol. The van der Waals surface area contributed by atoms with Crippen LogP contribution in [-0.2, 0) is 0 Å². The van der Waals surface area contributed by atoms with Crippen LogP contribution in [0, 0.1) is 0 Å². The quantitative estimate of drug-likeness (QED) is 0.164. The largest absolute Gasteiger partial charge is 0.386 e. The lowest BCUT2D eigenvalue weighted by molar-refractivity contribution is 1.13. The summed E-state index contributed by atoms with van der Waals surface area (Å²) in [5, 5.41) is 7.06. The van der Waals surface area contributed by atoms with Crippen molar-refractivity contribution in [3.63, 3.8) is 0 Å². The molecule has 0 aliphatic rings. The molecule has 0 atom stereocenters. The number of hydrogen-bond acceptors (Lipinski definition) is 11. The molecule has 0 aliphatic heterocycles. The number of thiophene rings is 4. The van der Waals surface area contributed by atoms with Gasteiger partial charge in [0, 0.05) is 83.9 Å². The fourth-order valence-corrected chi connectivity index (χ4v) is 11.9. The molecular formula is C36H32N6S5. The van der Waals surface area contributed by atoms with E-state index in [9.17, 15) is 0 Å². The van der Waals surface area contributed by atoms with Crippen molar-refractivity contribution in [3.05, 3.63) is 72.8 Å². The van der Waals surface area contributed by atoms with Crippen molar-refractivity contribution >= 4 is 110 Å². The molecular weight excluding hydrogens is 677 g/mol. The Morgan fingerprint density at radius 2 is 0.936 bits per heavy atom. The summed E-state index contributed by atoms with van der Waals surface area (Å²) in [4.78, 5) is 9.23. The van der Waals surface area contributed by atoms with Gasteiger partial charge in [-0.3, -0.25) is 0 Å². The van der Waals surface area contributed by atoms with Gasteiger partial charge in [0.05, 0.1) is 42.3 Å². The van der Waals surface area contributed by atoms with Crippen LogP contribution in [0.1, 0.15) is 0 Å². The number of nitrogens with one attached hydrogen (secondary N) is 2. The van der Waals surface area contributed by atoms with Crippen LogP contribution in [0.4, 0.5) is 22.7 Å². The van der Waals surface area contributed by atoms with Crippen molar-refractivity contribution in [3.8, 4) is 41.8 Å². The van der Waals surface area contributed by atoms with Crippen molar-refractivity contribution in [2.24, 2.45) is 0 Å². The summed E-state index contributed by atoms with van der Waals surface area (Å²) in [5.74, 6) is 0. The van der Waals surface area contributed by atoms with Crippen molar-refractivity contribution < 1.29 is 0 Å². The number of benzene rings is 3. The van der Waals surface area contributed by atoms with Gasteiger partial charge in [-0.15, -0.1) is 45.3 Å². The minimum absolute atomic E-state index is 0.956. The standard InChI is InChI=1S/C36H32N6S5/c1-37-31-33(45-27-17-25(43-35(27)31)19-7-11-21(12-8-19)41(3)4)23-15-16-24(30-29(23)39-47-40-30)34-32(38-2)36-28(46-34)18-26(44-36)20-9-13-22(14-10-20)42(5)6/h7-18,37-38H,1-6H3. The lowest BCUT2D eigenvalue weighted by atomic mass is 10.0. The molecule has 0 saturated carbocycles. The third-order valence-electron chi connectivity index (χ3n) is 8.47. The first-order chi connectivity index (χ1) is 22.8. The van der Waals surface area contributed by atoms with Crippen LogP contribution in [0.25, 0.3) is 71.6 Å². The SMILES string of the molecule is CNc1c(-c2ccc(-c3sc4cc(-c5ccc(N(C)C)cc5)sc4c3NC)c3nsnc23)sc2cc(-c3ccc(N(C)C)cc3)sc12. The monoisotopic (exact) mass is 708 g/mol. The zero-order valence-corrected chi connectivity index (χ0v) is 30.8. The second-order valence-corrected chi connectivity index (χ2v) is 16.5. The average Bonchev–Trinajstić information content (AvgIpc) is 3.90. The number of fused-ring (bicyclic) bond motifs is 3. The van der Waals surface area contributed by atoms with E-state index in [0.717, 1.165) is 33.5 Å². The van der Waals surface area contributed by atoms with E-state index in [1.165, 1.54) is 72.5 Å². The molecule has 236 valence electrons. The molecule has 0 aliphatic carbocycles. The fraction of sp³-hybridized carbons (Fsp3) is 0.167. The smallest absolute Gasteiger partial charge is 0.114 e. The molecule has 11 heteroatoms. The molecule has 0 saturated heterocycles. The van der Waals surface area contributed by atoms with Gasteiger partial charge in [0.1, 0.15) is 11.0 Å². The van der Waals surface area contributed by atoms with Crippen LogP contribution < -0.4 is 20.4 Å². The summed E-state index contributed by atoms with van der Waals surface area (Å²) in [7, 11) is 12.3. The third-order valence-corrected chi connectivity index (χ3v) is 14.0. The predicted octanol–water partition coefficient (Wildman–Crippen LogP) is 11.1. The maximum Gasteiger partial charge on any atom is 0.114 e. The third kappa shape index (κ3) is 5.08. The molecule has 8 rings (SSSR count). The van der Waals surface area contributed by atoms with E-state index in [2.05, 4.69) is 121 Å². The van der Waals surface area contributed by atoms with Crippen molar-refractivity contribution in [2.75, 3.05) is 62.7 Å². The van der Waals surface area contributed by atoms with Crippen LogP contribution in [0.2, 0.25) is 0 Å². The summed E-state index contributed by atoms with van der Waals surface area (Å²) in [6.07, 6.45) is 0. The molecule has 3 aromatic carbocycles. The Balaban J connectivity index is 1.17. The second-order valence-electron chi connectivity index (χ2n) is 11.7. The Hall–Kier alpha value is -4.00. The van der Waals surface area contributed by atoms with Gasteiger partial charge in [-0.25, -0.2) is 0 Å². The molecule has 0 bridgehead atoms. The summed E-state index contributed by atoms with van der Waals surface area (Å²) in [6.45, 7) is 0. The number of anilines is 4. The van der Waals surface area contributed by atoms with Crippen molar-refractivity contribution in [1.29, 1.82) is 0 Å². The molecule has 47 heavy (non-hydrogen) atoms. The zero-order chi connectivity index (χ0) is 32.4. The fourth-order valence-electron chi connectivity index (χ4n) is 5.98. The number of hydrogen-bond donors (Lipinski definition) is 2. The van der Waals surface area contributed by atoms with Crippen LogP contribution in [0.3, 0.4) is 0 Å². The molecule has 5 heterocycles. The van der Waals surface area contributed by atoms with Crippen molar-refractivity contribution in [2.45, 2.75) is 0 Å². The zero-order valence-electron chi connectivity index (χ0n) is 26.8. The Morgan fingerprint density at radius 1 is 0.532 bits per heavy atom. The number of rotatable bonds is 8. The summed E-state index contributed by atoms with van der Waals surface area (Å²) < 4.78 is 14.8. The van der Waals surface area contributed by atoms with Crippen molar-refractivity contribution in [1.82, 2.24) is 8.75 Å².